The Balaban J connectivity index is 2.99. The van der Waals surface area contributed by atoms with Crippen LogP contribution >= 0.6 is 0 Å². The van der Waals surface area contributed by atoms with E-state index in [9.17, 15) is 4.79 Å². The molecule has 1 aromatic carbocycles. The van der Waals surface area contributed by atoms with Gasteiger partial charge in [-0.25, -0.2) is 10.2 Å². The summed E-state index contributed by atoms with van der Waals surface area (Å²) in [6, 6.07) is 5.43. The van der Waals surface area contributed by atoms with Gasteiger partial charge in [0.05, 0.1) is 5.71 Å². The molecule has 4 nitrogen and oxygen atoms in total. The largest absolute Gasteiger partial charge is 0.350 e. The monoisotopic (exact) mass is 205 g/mol. The predicted molar refractivity (Wildman–Crippen MR) is 60.8 cm³/mol. The first-order chi connectivity index (χ1) is 7.00. The minimum absolute atomic E-state index is 0.653. The highest BCUT2D eigenvalue weighted by molar-refractivity contribution is 6.00. The number of nitrogens with one attached hydrogen (secondary N) is 1. The van der Waals surface area contributed by atoms with Gasteiger partial charge in [-0.2, -0.15) is 5.10 Å². The van der Waals surface area contributed by atoms with Gasteiger partial charge in [0.25, 0.3) is 0 Å². The summed E-state index contributed by atoms with van der Waals surface area (Å²) >= 11 is 0. The van der Waals surface area contributed by atoms with Gasteiger partial charge in [0.1, 0.15) is 0 Å². The number of aryl methyl sites for hydroxylation is 2. The van der Waals surface area contributed by atoms with E-state index in [0.29, 0.717) is 0 Å². The fourth-order valence-electron chi connectivity index (χ4n) is 1.32. The quantitative estimate of drug-likeness (QED) is 0.560. The van der Waals surface area contributed by atoms with Crippen molar-refractivity contribution in [1.82, 2.24) is 5.43 Å². The second-order valence-electron chi connectivity index (χ2n) is 3.49. The topological polar surface area (TPSA) is 67.5 Å². The van der Waals surface area contributed by atoms with Crippen molar-refractivity contribution in [3.8, 4) is 0 Å². The lowest BCUT2D eigenvalue weighted by Gasteiger charge is -2.06. The molecule has 0 aromatic heterocycles. The van der Waals surface area contributed by atoms with Crippen LogP contribution in [0.1, 0.15) is 23.6 Å². The van der Waals surface area contributed by atoms with Crippen molar-refractivity contribution in [2.24, 2.45) is 10.8 Å². The van der Waals surface area contributed by atoms with Crippen molar-refractivity contribution < 1.29 is 4.79 Å². The number of primary amides is 1. The van der Waals surface area contributed by atoms with Crippen LogP contribution in [0.5, 0.6) is 0 Å². The molecule has 2 amide bonds. The molecule has 0 aliphatic heterocycles. The SMILES string of the molecule is CC(=NNC(N)=O)c1cc(C)ccc1C. The molecular formula is C11H15N3O. The van der Waals surface area contributed by atoms with Gasteiger partial charge < -0.3 is 5.73 Å². The minimum atomic E-state index is -0.653. The zero-order valence-electron chi connectivity index (χ0n) is 9.16. The first-order valence-corrected chi connectivity index (χ1v) is 4.68. The number of urea groups is 1. The van der Waals surface area contributed by atoms with E-state index < -0.39 is 6.03 Å². The van der Waals surface area contributed by atoms with E-state index in [-0.39, 0.29) is 0 Å². The van der Waals surface area contributed by atoms with Crippen LogP contribution in [0.2, 0.25) is 0 Å². The molecular weight excluding hydrogens is 190 g/mol. The first kappa shape index (κ1) is 11.2. The van der Waals surface area contributed by atoms with Crippen molar-refractivity contribution in [3.05, 3.63) is 34.9 Å². The number of amides is 2. The highest BCUT2D eigenvalue weighted by Crippen LogP contribution is 2.11. The molecule has 4 heteroatoms. The summed E-state index contributed by atoms with van der Waals surface area (Å²) in [6.45, 7) is 5.84. The van der Waals surface area contributed by atoms with Crippen molar-refractivity contribution >= 4 is 11.7 Å². The smallest absolute Gasteiger partial charge is 0.332 e. The molecule has 0 bridgehead atoms. The Labute approximate surface area is 89.2 Å². The molecule has 0 unspecified atom stereocenters. The summed E-state index contributed by atoms with van der Waals surface area (Å²) < 4.78 is 0. The van der Waals surface area contributed by atoms with Crippen LogP contribution in [-0.2, 0) is 0 Å². The van der Waals surface area contributed by atoms with Crippen LogP contribution in [0, 0.1) is 13.8 Å². The molecule has 1 aromatic rings. The first-order valence-electron chi connectivity index (χ1n) is 4.68. The van der Waals surface area contributed by atoms with E-state index in [0.717, 1.165) is 22.4 Å². The summed E-state index contributed by atoms with van der Waals surface area (Å²) in [5.41, 5.74) is 11.2. The molecule has 0 atom stereocenters. The van der Waals surface area contributed by atoms with Crippen molar-refractivity contribution in [1.29, 1.82) is 0 Å². The molecule has 0 saturated carbocycles. The Bertz CT molecular complexity index is 410. The Morgan fingerprint density at radius 3 is 2.67 bits per heavy atom. The average molecular weight is 205 g/mol. The third kappa shape index (κ3) is 3.09. The van der Waals surface area contributed by atoms with Crippen LogP contribution in [0.3, 0.4) is 0 Å². The van der Waals surface area contributed by atoms with E-state index >= 15 is 0 Å². The van der Waals surface area contributed by atoms with Crippen molar-refractivity contribution in [2.45, 2.75) is 20.8 Å². The number of hydrogen-bond acceptors (Lipinski definition) is 2. The summed E-state index contributed by atoms with van der Waals surface area (Å²) in [7, 11) is 0. The maximum absolute atomic E-state index is 10.5. The molecule has 0 radical (unpaired) electrons. The Morgan fingerprint density at radius 2 is 2.07 bits per heavy atom. The Hall–Kier alpha value is -1.84. The van der Waals surface area contributed by atoms with Crippen LogP contribution in [0.4, 0.5) is 4.79 Å². The molecule has 0 aliphatic carbocycles. The number of carbonyl (C=O) groups is 1. The zero-order chi connectivity index (χ0) is 11.4. The Morgan fingerprint density at radius 1 is 1.40 bits per heavy atom. The third-order valence-electron chi connectivity index (χ3n) is 2.12. The summed E-state index contributed by atoms with van der Waals surface area (Å²) in [4.78, 5) is 10.5. The number of benzene rings is 1. The van der Waals surface area contributed by atoms with Gasteiger partial charge in [-0.15, -0.1) is 0 Å². The molecule has 0 heterocycles. The maximum Gasteiger partial charge on any atom is 0.332 e. The van der Waals surface area contributed by atoms with Gasteiger partial charge in [-0.1, -0.05) is 17.7 Å². The molecule has 3 N–H and O–H groups in total. The highest BCUT2D eigenvalue weighted by atomic mass is 16.2. The molecule has 0 saturated heterocycles. The summed E-state index contributed by atoms with van der Waals surface area (Å²) in [5.74, 6) is 0. The standard InChI is InChI=1S/C11H15N3O/c1-7-4-5-8(2)10(6-7)9(3)13-14-11(12)15/h4-6H,1-3H3,(H3,12,14,15). The predicted octanol–water partition coefficient (Wildman–Crippen LogP) is 1.70. The van der Waals surface area contributed by atoms with E-state index in [2.05, 4.69) is 10.5 Å². The van der Waals surface area contributed by atoms with E-state index in [1.165, 1.54) is 0 Å². The second-order valence-corrected chi connectivity index (χ2v) is 3.49. The van der Waals surface area contributed by atoms with E-state index in [4.69, 9.17) is 5.73 Å². The van der Waals surface area contributed by atoms with Crippen LogP contribution in [-0.4, -0.2) is 11.7 Å². The second kappa shape index (κ2) is 4.59. The van der Waals surface area contributed by atoms with Crippen molar-refractivity contribution in [2.75, 3.05) is 0 Å². The summed E-state index contributed by atoms with van der Waals surface area (Å²) in [6.07, 6.45) is 0. The highest BCUT2D eigenvalue weighted by Gasteiger charge is 2.02. The molecule has 0 spiro atoms. The maximum atomic E-state index is 10.5. The van der Waals surface area contributed by atoms with E-state index in [1.54, 1.807) is 0 Å². The molecule has 0 aliphatic rings. The van der Waals surface area contributed by atoms with Crippen LogP contribution in [0.15, 0.2) is 23.3 Å². The number of hydrogen-bond donors (Lipinski definition) is 2. The van der Waals surface area contributed by atoms with Gasteiger partial charge in [0.2, 0.25) is 0 Å². The lowest BCUT2D eigenvalue weighted by Crippen LogP contribution is -2.25. The lowest BCUT2D eigenvalue weighted by molar-refractivity contribution is 0.249. The van der Waals surface area contributed by atoms with Gasteiger partial charge in [0.15, 0.2) is 0 Å². The summed E-state index contributed by atoms with van der Waals surface area (Å²) in [5, 5.41) is 3.89. The third-order valence-corrected chi connectivity index (χ3v) is 2.12. The number of nitrogens with two attached hydrogens (primary N) is 1. The van der Waals surface area contributed by atoms with Crippen LogP contribution in [0.25, 0.3) is 0 Å². The average Bonchev–Trinajstić information content (AvgIpc) is 2.18. The van der Waals surface area contributed by atoms with Gasteiger partial charge >= 0.3 is 6.03 Å². The van der Waals surface area contributed by atoms with Gasteiger partial charge in [0, 0.05) is 5.56 Å². The lowest BCUT2D eigenvalue weighted by atomic mass is 10.0. The number of nitrogens with zero attached hydrogens (tertiary/aromatic N) is 1. The Kier molecular flexibility index (Phi) is 3.44. The fourth-order valence-corrected chi connectivity index (χ4v) is 1.32. The molecule has 0 fully saturated rings. The fraction of sp³-hybridized carbons (Fsp3) is 0.273. The number of rotatable bonds is 2. The molecule has 1 rings (SSSR count). The number of carbonyl (C=O) groups excluding carboxylic acids is 1. The zero-order valence-corrected chi connectivity index (χ0v) is 9.16. The minimum Gasteiger partial charge on any atom is -0.350 e. The van der Waals surface area contributed by atoms with E-state index in [1.807, 2.05) is 39.0 Å². The normalized spacial score (nSPS) is 11.3. The van der Waals surface area contributed by atoms with Gasteiger partial charge in [-0.3, -0.25) is 0 Å². The number of hydrazone groups is 1. The van der Waals surface area contributed by atoms with Gasteiger partial charge in [-0.05, 0) is 32.4 Å². The van der Waals surface area contributed by atoms with Crippen LogP contribution < -0.4 is 11.2 Å². The molecule has 80 valence electrons. The van der Waals surface area contributed by atoms with Crippen molar-refractivity contribution in [3.63, 3.8) is 0 Å². The molecule has 15 heavy (non-hydrogen) atoms.